The molecule has 0 fully saturated rings. The Morgan fingerprint density at radius 2 is 1.60 bits per heavy atom. The number of para-hydroxylation sites is 1. The summed E-state index contributed by atoms with van der Waals surface area (Å²) in [6.07, 6.45) is 3.39. The summed E-state index contributed by atoms with van der Waals surface area (Å²) in [5, 5.41) is 2.92. The number of amides is 1. The Balaban J connectivity index is 1.70. The number of aromatic nitrogens is 1. The average molecular weight is 332 g/mol. The lowest BCUT2D eigenvalue weighted by atomic mass is 10.1. The molecule has 1 heterocycles. The molecule has 1 atom stereocenters. The number of rotatable bonds is 7. The number of benzene rings is 2. The predicted molar refractivity (Wildman–Crippen MR) is 98.0 cm³/mol. The minimum Gasteiger partial charge on any atom is -0.363 e. The van der Waals surface area contributed by atoms with Crippen LogP contribution < -0.4 is 5.32 Å². The number of hydrogen-bond acceptors (Lipinski definition) is 3. The van der Waals surface area contributed by atoms with Gasteiger partial charge in [-0.15, -0.1) is 0 Å². The van der Waals surface area contributed by atoms with Crippen molar-refractivity contribution in [3.8, 4) is 0 Å². The zero-order valence-electron chi connectivity index (χ0n) is 13.8. The van der Waals surface area contributed by atoms with Gasteiger partial charge in [0, 0.05) is 24.5 Å². The molecule has 126 valence electrons. The molecule has 25 heavy (non-hydrogen) atoms. The Morgan fingerprint density at radius 1 is 0.920 bits per heavy atom. The zero-order valence-corrected chi connectivity index (χ0v) is 13.8. The first-order valence-electron chi connectivity index (χ1n) is 8.21. The second-order valence-corrected chi connectivity index (χ2v) is 5.71. The first kappa shape index (κ1) is 16.9. The highest BCUT2D eigenvalue weighted by atomic mass is 16.5. The normalized spacial score (nSPS) is 11.7. The van der Waals surface area contributed by atoms with Crippen molar-refractivity contribution >= 4 is 11.6 Å². The molecule has 3 aromatic rings. The Hall–Kier alpha value is -2.98. The summed E-state index contributed by atoms with van der Waals surface area (Å²) in [6, 6.07) is 23.1. The van der Waals surface area contributed by atoms with E-state index in [1.165, 1.54) is 0 Å². The van der Waals surface area contributed by atoms with Gasteiger partial charge in [-0.25, -0.2) is 0 Å². The van der Waals surface area contributed by atoms with Crippen LogP contribution in [0, 0.1) is 0 Å². The molecule has 1 aromatic heterocycles. The number of pyridine rings is 1. The van der Waals surface area contributed by atoms with Crippen LogP contribution in [0.15, 0.2) is 85.2 Å². The van der Waals surface area contributed by atoms with Crippen molar-refractivity contribution in [2.24, 2.45) is 0 Å². The number of ether oxygens (including phenoxy) is 1. The average Bonchev–Trinajstić information content (AvgIpc) is 2.67. The summed E-state index contributed by atoms with van der Waals surface area (Å²) in [6.45, 7) is 0.341. The monoisotopic (exact) mass is 332 g/mol. The smallest absolute Gasteiger partial charge is 0.253 e. The van der Waals surface area contributed by atoms with Crippen molar-refractivity contribution in [1.29, 1.82) is 0 Å². The number of hydrogen-bond donors (Lipinski definition) is 1. The fourth-order valence-corrected chi connectivity index (χ4v) is 2.48. The summed E-state index contributed by atoms with van der Waals surface area (Å²) >= 11 is 0. The fourth-order valence-electron chi connectivity index (χ4n) is 2.48. The second kappa shape index (κ2) is 8.76. The van der Waals surface area contributed by atoms with Crippen LogP contribution in [0.2, 0.25) is 0 Å². The topological polar surface area (TPSA) is 51.2 Å². The molecular weight excluding hydrogens is 312 g/mol. The number of carbonyl (C=O) groups excluding carboxylic acids is 1. The van der Waals surface area contributed by atoms with Gasteiger partial charge in [0.15, 0.2) is 0 Å². The SMILES string of the molecule is O=C(Nc1ccccc1)C(Cc1ccccc1)OCc1cccnc1. The van der Waals surface area contributed by atoms with Crippen molar-refractivity contribution in [2.45, 2.75) is 19.1 Å². The van der Waals surface area contributed by atoms with E-state index in [4.69, 9.17) is 4.74 Å². The van der Waals surface area contributed by atoms with Crippen LogP contribution in [0.3, 0.4) is 0 Å². The van der Waals surface area contributed by atoms with E-state index < -0.39 is 6.10 Å². The summed E-state index contributed by atoms with van der Waals surface area (Å²) in [4.78, 5) is 16.8. The van der Waals surface area contributed by atoms with Gasteiger partial charge in [0.25, 0.3) is 5.91 Å². The van der Waals surface area contributed by atoms with Gasteiger partial charge >= 0.3 is 0 Å². The highest BCUT2D eigenvalue weighted by molar-refractivity contribution is 5.94. The number of nitrogens with one attached hydrogen (secondary N) is 1. The van der Waals surface area contributed by atoms with Crippen molar-refractivity contribution < 1.29 is 9.53 Å². The van der Waals surface area contributed by atoms with Gasteiger partial charge in [-0.05, 0) is 29.3 Å². The van der Waals surface area contributed by atoms with Gasteiger partial charge in [0.2, 0.25) is 0 Å². The molecule has 0 saturated heterocycles. The minimum absolute atomic E-state index is 0.154. The second-order valence-electron chi connectivity index (χ2n) is 5.71. The molecule has 0 aliphatic rings. The number of carbonyl (C=O) groups is 1. The third kappa shape index (κ3) is 5.26. The Kier molecular flexibility index (Phi) is 5.91. The fraction of sp³-hybridized carbons (Fsp3) is 0.143. The Morgan fingerprint density at radius 3 is 2.28 bits per heavy atom. The van der Waals surface area contributed by atoms with E-state index in [1.807, 2.05) is 72.8 Å². The van der Waals surface area contributed by atoms with Crippen LogP contribution in [0.4, 0.5) is 5.69 Å². The summed E-state index contributed by atoms with van der Waals surface area (Å²) < 4.78 is 5.91. The summed E-state index contributed by atoms with van der Waals surface area (Å²) in [7, 11) is 0. The highest BCUT2D eigenvalue weighted by Crippen LogP contribution is 2.12. The standard InChI is InChI=1S/C21H20N2O2/c24-21(23-19-11-5-2-6-12-19)20(14-17-8-3-1-4-9-17)25-16-18-10-7-13-22-15-18/h1-13,15,20H,14,16H2,(H,23,24). The molecule has 0 saturated carbocycles. The van der Waals surface area contributed by atoms with E-state index in [0.717, 1.165) is 16.8 Å². The molecular formula is C21H20N2O2. The first-order chi connectivity index (χ1) is 12.3. The van der Waals surface area contributed by atoms with Gasteiger partial charge in [-0.3, -0.25) is 9.78 Å². The van der Waals surface area contributed by atoms with E-state index in [2.05, 4.69) is 10.3 Å². The maximum atomic E-state index is 12.7. The molecule has 4 heteroatoms. The molecule has 4 nitrogen and oxygen atoms in total. The van der Waals surface area contributed by atoms with Crippen LogP contribution in [-0.2, 0) is 22.6 Å². The highest BCUT2D eigenvalue weighted by Gasteiger charge is 2.20. The van der Waals surface area contributed by atoms with Crippen LogP contribution >= 0.6 is 0 Å². The molecule has 0 radical (unpaired) electrons. The zero-order chi connectivity index (χ0) is 17.3. The summed E-state index contributed by atoms with van der Waals surface area (Å²) in [5.41, 5.74) is 2.76. The molecule has 1 amide bonds. The van der Waals surface area contributed by atoms with Crippen molar-refractivity contribution in [3.05, 3.63) is 96.3 Å². The van der Waals surface area contributed by atoms with E-state index in [1.54, 1.807) is 12.4 Å². The number of anilines is 1. The van der Waals surface area contributed by atoms with Crippen LogP contribution in [-0.4, -0.2) is 17.0 Å². The van der Waals surface area contributed by atoms with Crippen LogP contribution in [0.25, 0.3) is 0 Å². The molecule has 1 N–H and O–H groups in total. The summed E-state index contributed by atoms with van der Waals surface area (Å²) in [5.74, 6) is -0.154. The van der Waals surface area contributed by atoms with E-state index in [-0.39, 0.29) is 5.91 Å². The maximum Gasteiger partial charge on any atom is 0.253 e. The van der Waals surface area contributed by atoms with Gasteiger partial charge < -0.3 is 10.1 Å². The minimum atomic E-state index is -0.581. The predicted octanol–water partition coefficient (Wildman–Crippen LogP) is 3.85. The largest absolute Gasteiger partial charge is 0.363 e. The third-order valence-corrected chi connectivity index (χ3v) is 3.77. The van der Waals surface area contributed by atoms with Gasteiger partial charge in [0.1, 0.15) is 6.10 Å². The third-order valence-electron chi connectivity index (χ3n) is 3.77. The van der Waals surface area contributed by atoms with E-state index >= 15 is 0 Å². The molecule has 1 unspecified atom stereocenters. The number of nitrogens with zero attached hydrogens (tertiary/aromatic N) is 1. The van der Waals surface area contributed by atoms with Crippen molar-refractivity contribution in [3.63, 3.8) is 0 Å². The molecule has 0 aliphatic heterocycles. The molecule has 2 aromatic carbocycles. The van der Waals surface area contributed by atoms with E-state index in [9.17, 15) is 4.79 Å². The lowest BCUT2D eigenvalue weighted by Gasteiger charge is -2.18. The van der Waals surface area contributed by atoms with Crippen molar-refractivity contribution in [1.82, 2.24) is 4.98 Å². The maximum absolute atomic E-state index is 12.7. The van der Waals surface area contributed by atoms with Crippen molar-refractivity contribution in [2.75, 3.05) is 5.32 Å². The van der Waals surface area contributed by atoms with Gasteiger partial charge in [0.05, 0.1) is 6.61 Å². The molecule has 0 bridgehead atoms. The van der Waals surface area contributed by atoms with Gasteiger partial charge in [-0.2, -0.15) is 0 Å². The Labute approximate surface area is 147 Å². The first-order valence-corrected chi connectivity index (χ1v) is 8.21. The quantitative estimate of drug-likeness (QED) is 0.715. The van der Waals surface area contributed by atoms with Crippen LogP contribution in [0.1, 0.15) is 11.1 Å². The lowest BCUT2D eigenvalue weighted by Crippen LogP contribution is -2.32. The Bertz CT molecular complexity index is 777. The lowest BCUT2D eigenvalue weighted by molar-refractivity contribution is -0.128. The van der Waals surface area contributed by atoms with Crippen LogP contribution in [0.5, 0.6) is 0 Å². The molecule has 3 rings (SSSR count). The van der Waals surface area contributed by atoms with Gasteiger partial charge in [-0.1, -0.05) is 54.6 Å². The molecule has 0 aliphatic carbocycles. The molecule has 0 spiro atoms. The van der Waals surface area contributed by atoms with E-state index in [0.29, 0.717) is 13.0 Å².